The molecule has 0 radical (unpaired) electrons. The van der Waals surface area contributed by atoms with Crippen LogP contribution in [0.3, 0.4) is 0 Å². The minimum atomic E-state index is -0.593. The Kier molecular flexibility index (Phi) is 3.66. The van der Waals surface area contributed by atoms with Gasteiger partial charge in [0, 0.05) is 24.5 Å². The summed E-state index contributed by atoms with van der Waals surface area (Å²) in [5.41, 5.74) is 1.22. The molecule has 1 saturated heterocycles. The van der Waals surface area contributed by atoms with E-state index < -0.39 is 6.10 Å². The average Bonchev–Trinajstić information content (AvgIpc) is 2.89. The fraction of sp³-hybridized carbons (Fsp3) is 0.250. The Balaban J connectivity index is 1.91. The highest BCUT2D eigenvalue weighted by Crippen LogP contribution is 2.33. The molecule has 4 nitrogen and oxygen atoms in total. The summed E-state index contributed by atoms with van der Waals surface area (Å²) >= 11 is 0. The Bertz CT molecular complexity index is 648. The van der Waals surface area contributed by atoms with Gasteiger partial charge in [-0.05, 0) is 36.2 Å². The van der Waals surface area contributed by atoms with Gasteiger partial charge in [-0.2, -0.15) is 0 Å². The molecule has 1 amide bonds. The highest BCUT2D eigenvalue weighted by molar-refractivity contribution is 5.94. The van der Waals surface area contributed by atoms with Crippen LogP contribution in [0.5, 0.6) is 0 Å². The summed E-state index contributed by atoms with van der Waals surface area (Å²) in [5, 5.41) is 9.90. The third-order valence-electron chi connectivity index (χ3n) is 3.70. The summed E-state index contributed by atoms with van der Waals surface area (Å²) in [6, 6.07) is 9.13. The summed E-state index contributed by atoms with van der Waals surface area (Å²) in [5.74, 6) is -0.520. The van der Waals surface area contributed by atoms with E-state index in [1.165, 1.54) is 12.1 Å². The SMILES string of the molecule is O=C(c1ccncc1)N1C[C@@H](O)C[C@@H]1c1cccc(F)c1. The number of aromatic nitrogens is 1. The minimum Gasteiger partial charge on any atom is -0.391 e. The van der Waals surface area contributed by atoms with Gasteiger partial charge in [-0.15, -0.1) is 0 Å². The molecule has 0 unspecified atom stereocenters. The Morgan fingerprint density at radius 3 is 2.76 bits per heavy atom. The lowest BCUT2D eigenvalue weighted by Crippen LogP contribution is -2.31. The molecule has 2 aromatic rings. The topological polar surface area (TPSA) is 53.4 Å². The van der Waals surface area contributed by atoms with Crippen molar-refractivity contribution in [3.63, 3.8) is 0 Å². The van der Waals surface area contributed by atoms with Gasteiger partial charge < -0.3 is 10.0 Å². The number of aliphatic hydroxyl groups excluding tert-OH is 1. The Labute approximate surface area is 121 Å². The van der Waals surface area contributed by atoms with Crippen LogP contribution in [-0.4, -0.2) is 33.5 Å². The van der Waals surface area contributed by atoms with E-state index in [2.05, 4.69) is 4.98 Å². The number of hydrogen-bond acceptors (Lipinski definition) is 3. The third kappa shape index (κ3) is 2.78. The van der Waals surface area contributed by atoms with Crippen molar-refractivity contribution in [1.82, 2.24) is 9.88 Å². The van der Waals surface area contributed by atoms with Gasteiger partial charge >= 0.3 is 0 Å². The van der Waals surface area contributed by atoms with Gasteiger partial charge in [0.25, 0.3) is 5.91 Å². The zero-order valence-corrected chi connectivity index (χ0v) is 11.3. The molecule has 1 aliphatic heterocycles. The summed E-state index contributed by atoms with van der Waals surface area (Å²) in [4.78, 5) is 18.0. The van der Waals surface area contributed by atoms with Gasteiger partial charge in [-0.25, -0.2) is 4.39 Å². The molecule has 108 valence electrons. The number of nitrogens with zero attached hydrogens (tertiary/aromatic N) is 2. The first-order chi connectivity index (χ1) is 10.1. The second-order valence-corrected chi connectivity index (χ2v) is 5.15. The number of amides is 1. The quantitative estimate of drug-likeness (QED) is 0.920. The first-order valence-electron chi connectivity index (χ1n) is 6.79. The molecule has 2 heterocycles. The largest absolute Gasteiger partial charge is 0.391 e. The second kappa shape index (κ2) is 5.61. The van der Waals surface area contributed by atoms with Crippen LogP contribution in [0.25, 0.3) is 0 Å². The molecule has 2 atom stereocenters. The molecular formula is C16H15FN2O2. The third-order valence-corrected chi connectivity index (χ3v) is 3.70. The van der Waals surface area contributed by atoms with E-state index >= 15 is 0 Å². The molecule has 1 N–H and O–H groups in total. The number of carbonyl (C=O) groups excluding carboxylic acids is 1. The van der Waals surface area contributed by atoms with Crippen molar-refractivity contribution >= 4 is 5.91 Å². The molecule has 0 spiro atoms. The maximum atomic E-state index is 13.4. The zero-order valence-electron chi connectivity index (χ0n) is 11.3. The first kappa shape index (κ1) is 13.7. The molecule has 1 aliphatic rings. The standard InChI is InChI=1S/C16H15FN2O2/c17-13-3-1-2-12(8-13)15-9-14(20)10-19(15)16(21)11-4-6-18-7-5-11/h1-8,14-15,20H,9-10H2/t14-,15+/m0/s1. The number of carbonyl (C=O) groups is 1. The van der Waals surface area contributed by atoms with Crippen molar-refractivity contribution < 1.29 is 14.3 Å². The van der Waals surface area contributed by atoms with E-state index in [1.54, 1.807) is 41.6 Å². The van der Waals surface area contributed by atoms with Crippen molar-refractivity contribution in [1.29, 1.82) is 0 Å². The van der Waals surface area contributed by atoms with E-state index in [4.69, 9.17) is 0 Å². The number of hydrogen-bond donors (Lipinski definition) is 1. The summed E-state index contributed by atoms with van der Waals surface area (Å²) in [6.07, 6.45) is 2.93. The first-order valence-corrected chi connectivity index (χ1v) is 6.79. The maximum absolute atomic E-state index is 13.4. The average molecular weight is 286 g/mol. The number of pyridine rings is 1. The van der Waals surface area contributed by atoms with Crippen molar-refractivity contribution in [2.45, 2.75) is 18.6 Å². The minimum absolute atomic E-state index is 0.178. The summed E-state index contributed by atoms with van der Waals surface area (Å²) < 4.78 is 13.4. The number of rotatable bonds is 2. The van der Waals surface area contributed by atoms with E-state index in [-0.39, 0.29) is 24.3 Å². The van der Waals surface area contributed by atoms with Crippen LogP contribution >= 0.6 is 0 Å². The lowest BCUT2D eigenvalue weighted by molar-refractivity contribution is 0.0715. The molecule has 0 bridgehead atoms. The number of aliphatic hydroxyl groups is 1. The Morgan fingerprint density at radius 1 is 1.29 bits per heavy atom. The fourth-order valence-electron chi connectivity index (χ4n) is 2.73. The molecule has 1 aromatic heterocycles. The molecule has 21 heavy (non-hydrogen) atoms. The van der Waals surface area contributed by atoms with Crippen LogP contribution in [0.15, 0.2) is 48.8 Å². The molecule has 0 aliphatic carbocycles. The molecule has 0 saturated carbocycles. The molecule has 1 fully saturated rings. The van der Waals surface area contributed by atoms with Gasteiger partial charge in [-0.1, -0.05) is 12.1 Å². The van der Waals surface area contributed by atoms with E-state index in [0.29, 0.717) is 17.5 Å². The predicted molar refractivity (Wildman–Crippen MR) is 75.0 cm³/mol. The number of halogens is 1. The number of β-amino-alcohol motifs (C(OH)–C–C–N with tert-alkyl or cyclic N) is 1. The van der Waals surface area contributed by atoms with Crippen LogP contribution in [-0.2, 0) is 0 Å². The molecule has 3 rings (SSSR count). The molecule has 1 aromatic carbocycles. The van der Waals surface area contributed by atoms with Crippen LogP contribution in [0, 0.1) is 5.82 Å². The van der Waals surface area contributed by atoms with E-state index in [1.807, 2.05) is 0 Å². The van der Waals surface area contributed by atoms with E-state index in [9.17, 15) is 14.3 Å². The lowest BCUT2D eigenvalue weighted by atomic mass is 10.0. The van der Waals surface area contributed by atoms with Crippen LogP contribution in [0.2, 0.25) is 0 Å². The van der Waals surface area contributed by atoms with Crippen LogP contribution in [0.4, 0.5) is 4.39 Å². The second-order valence-electron chi connectivity index (χ2n) is 5.15. The van der Waals surface area contributed by atoms with Gasteiger partial charge in [0.05, 0.1) is 12.1 Å². The Hall–Kier alpha value is -2.27. The fourth-order valence-corrected chi connectivity index (χ4v) is 2.73. The van der Waals surface area contributed by atoms with E-state index in [0.717, 1.165) is 0 Å². The monoisotopic (exact) mass is 286 g/mol. The van der Waals surface area contributed by atoms with Gasteiger partial charge in [-0.3, -0.25) is 9.78 Å². The highest BCUT2D eigenvalue weighted by atomic mass is 19.1. The Morgan fingerprint density at radius 2 is 2.05 bits per heavy atom. The maximum Gasteiger partial charge on any atom is 0.254 e. The normalized spacial score (nSPS) is 21.5. The number of likely N-dealkylation sites (tertiary alicyclic amines) is 1. The van der Waals surface area contributed by atoms with Crippen molar-refractivity contribution in [3.8, 4) is 0 Å². The van der Waals surface area contributed by atoms with Crippen LogP contribution < -0.4 is 0 Å². The smallest absolute Gasteiger partial charge is 0.254 e. The van der Waals surface area contributed by atoms with Crippen molar-refractivity contribution in [3.05, 3.63) is 65.7 Å². The van der Waals surface area contributed by atoms with Crippen molar-refractivity contribution in [2.75, 3.05) is 6.54 Å². The highest BCUT2D eigenvalue weighted by Gasteiger charge is 2.35. The van der Waals surface area contributed by atoms with Crippen LogP contribution in [0.1, 0.15) is 28.4 Å². The molecular weight excluding hydrogens is 271 g/mol. The summed E-state index contributed by atoms with van der Waals surface area (Å²) in [7, 11) is 0. The number of benzene rings is 1. The van der Waals surface area contributed by atoms with Gasteiger partial charge in [0.15, 0.2) is 0 Å². The zero-order chi connectivity index (χ0) is 14.8. The van der Waals surface area contributed by atoms with Gasteiger partial charge in [0.2, 0.25) is 0 Å². The lowest BCUT2D eigenvalue weighted by Gasteiger charge is -2.24. The van der Waals surface area contributed by atoms with Gasteiger partial charge in [0.1, 0.15) is 5.82 Å². The summed E-state index contributed by atoms with van der Waals surface area (Å²) in [6.45, 7) is 0.252. The molecule has 5 heteroatoms. The predicted octanol–water partition coefficient (Wildman–Crippen LogP) is 2.17. The van der Waals surface area contributed by atoms with Crippen molar-refractivity contribution in [2.24, 2.45) is 0 Å².